The summed E-state index contributed by atoms with van der Waals surface area (Å²) >= 11 is 0. The van der Waals surface area contributed by atoms with Crippen LogP contribution in [0.2, 0.25) is 0 Å². The van der Waals surface area contributed by atoms with Crippen LogP contribution in [0, 0.1) is 0 Å². The number of aliphatic carboxylic acids is 1. The molecule has 0 aliphatic heterocycles. The number of carbonyl (C=O) groups excluding carboxylic acids is 1. The van der Waals surface area contributed by atoms with Gasteiger partial charge in [0.15, 0.2) is 0 Å². The summed E-state index contributed by atoms with van der Waals surface area (Å²) in [4.78, 5) is 21.8. The van der Waals surface area contributed by atoms with Crippen molar-refractivity contribution < 1.29 is 14.7 Å². The first-order chi connectivity index (χ1) is 7.47. The van der Waals surface area contributed by atoms with Crippen molar-refractivity contribution in [3.05, 3.63) is 35.9 Å². The van der Waals surface area contributed by atoms with Gasteiger partial charge >= 0.3 is 5.97 Å². The fraction of sp³-hybridized carbons (Fsp3) is 0.273. The predicted molar refractivity (Wildman–Crippen MR) is 58.4 cm³/mol. The van der Waals surface area contributed by atoms with Crippen LogP contribution in [-0.4, -0.2) is 17.0 Å². The van der Waals surface area contributed by atoms with E-state index in [1.165, 1.54) is 0 Å². The number of rotatable bonds is 5. The summed E-state index contributed by atoms with van der Waals surface area (Å²) in [7, 11) is 0. The summed E-state index contributed by atoms with van der Waals surface area (Å²) < 4.78 is 0. The highest BCUT2D eigenvalue weighted by molar-refractivity contribution is 5.82. The highest BCUT2D eigenvalue weighted by atomic mass is 16.4. The third-order valence-corrected chi connectivity index (χ3v) is 2.44. The predicted octanol–water partition coefficient (Wildman–Crippen LogP) is 0.191. The summed E-state index contributed by atoms with van der Waals surface area (Å²) in [5, 5.41) is 9.12. The van der Waals surface area contributed by atoms with E-state index in [2.05, 4.69) is 0 Å². The maximum absolute atomic E-state index is 11.2. The smallest absolute Gasteiger partial charge is 0.328 e. The van der Waals surface area contributed by atoms with E-state index in [9.17, 15) is 9.59 Å². The Bertz CT molecular complexity index is 391. The van der Waals surface area contributed by atoms with Gasteiger partial charge in [-0.05, 0) is 12.0 Å². The van der Waals surface area contributed by atoms with E-state index in [0.29, 0.717) is 5.56 Å². The Morgan fingerprint density at radius 3 is 2.25 bits per heavy atom. The van der Waals surface area contributed by atoms with Crippen molar-refractivity contribution in [2.24, 2.45) is 11.5 Å². The van der Waals surface area contributed by atoms with E-state index in [1.54, 1.807) is 30.3 Å². The Morgan fingerprint density at radius 1 is 1.25 bits per heavy atom. The first-order valence-electron chi connectivity index (χ1n) is 4.83. The normalized spacial score (nSPS) is 14.1. The van der Waals surface area contributed by atoms with E-state index >= 15 is 0 Å². The lowest BCUT2D eigenvalue weighted by Gasteiger charge is -2.24. The number of hydrogen-bond donors (Lipinski definition) is 3. The molecule has 0 aliphatic carbocycles. The molecule has 86 valence electrons. The van der Waals surface area contributed by atoms with E-state index in [4.69, 9.17) is 16.6 Å². The molecule has 1 rings (SSSR count). The largest absolute Gasteiger partial charge is 0.480 e. The lowest BCUT2D eigenvalue weighted by molar-refractivity contribution is -0.144. The van der Waals surface area contributed by atoms with E-state index in [1.807, 2.05) is 0 Å². The van der Waals surface area contributed by atoms with Crippen LogP contribution in [0.1, 0.15) is 18.4 Å². The Hall–Kier alpha value is -1.88. The number of primary amides is 1. The van der Waals surface area contributed by atoms with Crippen molar-refractivity contribution in [3.8, 4) is 0 Å². The molecular weight excluding hydrogens is 208 g/mol. The Morgan fingerprint density at radius 2 is 1.81 bits per heavy atom. The van der Waals surface area contributed by atoms with Gasteiger partial charge in [0, 0.05) is 6.42 Å². The summed E-state index contributed by atoms with van der Waals surface area (Å²) in [5.74, 6) is -1.73. The van der Waals surface area contributed by atoms with Crippen molar-refractivity contribution in [2.45, 2.75) is 18.4 Å². The zero-order chi connectivity index (χ0) is 12.2. The molecule has 0 saturated heterocycles. The molecule has 1 atom stereocenters. The van der Waals surface area contributed by atoms with Gasteiger partial charge in [0.25, 0.3) is 0 Å². The summed E-state index contributed by atoms with van der Waals surface area (Å²) in [6, 6.07) is 8.40. The van der Waals surface area contributed by atoms with Crippen molar-refractivity contribution in [2.75, 3.05) is 0 Å². The molecule has 0 spiro atoms. The van der Waals surface area contributed by atoms with Crippen molar-refractivity contribution in [1.29, 1.82) is 0 Å². The van der Waals surface area contributed by atoms with Crippen LogP contribution in [-0.2, 0) is 15.1 Å². The SMILES string of the molecule is NC(=O)CCC(N)(C(=O)O)c1ccccc1. The van der Waals surface area contributed by atoms with E-state index < -0.39 is 17.4 Å². The van der Waals surface area contributed by atoms with Gasteiger partial charge in [-0.3, -0.25) is 4.79 Å². The van der Waals surface area contributed by atoms with E-state index in [0.717, 1.165) is 0 Å². The second kappa shape index (κ2) is 4.76. The molecule has 16 heavy (non-hydrogen) atoms. The fourth-order valence-corrected chi connectivity index (χ4v) is 1.43. The lowest BCUT2D eigenvalue weighted by atomic mass is 9.86. The molecule has 1 aromatic carbocycles. The number of carboxylic acids is 1. The molecule has 1 unspecified atom stereocenters. The fourth-order valence-electron chi connectivity index (χ4n) is 1.43. The number of carbonyl (C=O) groups is 2. The van der Waals surface area contributed by atoms with E-state index in [-0.39, 0.29) is 12.8 Å². The zero-order valence-electron chi connectivity index (χ0n) is 8.72. The minimum atomic E-state index is -1.56. The van der Waals surface area contributed by atoms with Gasteiger partial charge in [-0.1, -0.05) is 30.3 Å². The third kappa shape index (κ3) is 2.58. The minimum Gasteiger partial charge on any atom is -0.480 e. The van der Waals surface area contributed by atoms with Crippen LogP contribution in [0.3, 0.4) is 0 Å². The molecule has 1 aromatic rings. The van der Waals surface area contributed by atoms with Crippen LogP contribution in [0.4, 0.5) is 0 Å². The second-order valence-electron chi connectivity index (χ2n) is 3.61. The Kier molecular flexibility index (Phi) is 3.63. The second-order valence-corrected chi connectivity index (χ2v) is 3.61. The zero-order valence-corrected chi connectivity index (χ0v) is 8.72. The molecule has 0 bridgehead atoms. The van der Waals surface area contributed by atoms with Gasteiger partial charge in [-0.25, -0.2) is 4.79 Å². The summed E-state index contributed by atoms with van der Waals surface area (Å²) in [6.45, 7) is 0. The van der Waals surface area contributed by atoms with Crippen LogP contribution >= 0.6 is 0 Å². The highest BCUT2D eigenvalue weighted by Crippen LogP contribution is 2.23. The molecule has 5 N–H and O–H groups in total. The molecule has 0 aliphatic rings. The van der Waals surface area contributed by atoms with Crippen molar-refractivity contribution in [1.82, 2.24) is 0 Å². The van der Waals surface area contributed by atoms with Crippen LogP contribution in [0.15, 0.2) is 30.3 Å². The Balaban J connectivity index is 2.98. The average molecular weight is 222 g/mol. The summed E-state index contributed by atoms with van der Waals surface area (Å²) in [5.41, 5.74) is 9.70. The number of nitrogens with two attached hydrogens (primary N) is 2. The molecule has 1 amide bonds. The minimum absolute atomic E-state index is 0.0122. The number of hydrogen-bond acceptors (Lipinski definition) is 3. The quantitative estimate of drug-likeness (QED) is 0.661. The maximum Gasteiger partial charge on any atom is 0.328 e. The Labute approximate surface area is 93.1 Å². The summed E-state index contributed by atoms with van der Waals surface area (Å²) in [6.07, 6.45) is -0.0701. The lowest BCUT2D eigenvalue weighted by Crippen LogP contribution is -2.45. The third-order valence-electron chi connectivity index (χ3n) is 2.44. The topological polar surface area (TPSA) is 106 Å². The highest BCUT2D eigenvalue weighted by Gasteiger charge is 2.35. The van der Waals surface area contributed by atoms with Crippen molar-refractivity contribution >= 4 is 11.9 Å². The van der Waals surface area contributed by atoms with Gasteiger partial charge in [0.2, 0.25) is 5.91 Å². The molecule has 0 saturated carbocycles. The number of amides is 1. The van der Waals surface area contributed by atoms with Gasteiger partial charge < -0.3 is 16.6 Å². The van der Waals surface area contributed by atoms with Gasteiger partial charge in [0.1, 0.15) is 5.54 Å². The molecule has 0 fully saturated rings. The average Bonchev–Trinajstić information content (AvgIpc) is 2.26. The standard InChI is InChI=1S/C11H14N2O3/c12-9(14)6-7-11(13,10(15)16)8-4-2-1-3-5-8/h1-5H,6-7,13H2,(H2,12,14)(H,15,16). The van der Waals surface area contributed by atoms with Gasteiger partial charge in [0.05, 0.1) is 0 Å². The molecule has 0 heterocycles. The first-order valence-corrected chi connectivity index (χ1v) is 4.83. The molecular formula is C11H14N2O3. The van der Waals surface area contributed by atoms with Gasteiger partial charge in [-0.15, -0.1) is 0 Å². The van der Waals surface area contributed by atoms with Gasteiger partial charge in [-0.2, -0.15) is 0 Å². The molecule has 0 radical (unpaired) electrons. The first kappa shape index (κ1) is 12.2. The van der Waals surface area contributed by atoms with Crippen LogP contribution in [0.5, 0.6) is 0 Å². The van der Waals surface area contributed by atoms with Crippen molar-refractivity contribution in [3.63, 3.8) is 0 Å². The monoisotopic (exact) mass is 222 g/mol. The maximum atomic E-state index is 11.2. The number of benzene rings is 1. The molecule has 0 aromatic heterocycles. The molecule has 5 nitrogen and oxygen atoms in total. The molecule has 5 heteroatoms. The number of carboxylic acid groups (broad SMARTS) is 1. The van der Waals surface area contributed by atoms with Crippen LogP contribution < -0.4 is 11.5 Å². The van der Waals surface area contributed by atoms with Crippen LogP contribution in [0.25, 0.3) is 0 Å².